The lowest BCUT2D eigenvalue weighted by molar-refractivity contribution is -0.118. The van der Waals surface area contributed by atoms with E-state index in [9.17, 15) is 4.79 Å². The molecule has 0 saturated heterocycles. The summed E-state index contributed by atoms with van der Waals surface area (Å²) in [5.74, 6) is 1.22. The van der Waals surface area contributed by atoms with Crippen molar-refractivity contribution in [1.29, 1.82) is 0 Å². The van der Waals surface area contributed by atoms with E-state index in [0.29, 0.717) is 12.4 Å². The van der Waals surface area contributed by atoms with E-state index >= 15 is 0 Å². The number of anilines is 1. The van der Waals surface area contributed by atoms with E-state index in [0.717, 1.165) is 21.4 Å². The monoisotopic (exact) mass is 467 g/mol. The predicted octanol–water partition coefficient (Wildman–Crippen LogP) is 5.66. The topological polar surface area (TPSA) is 47.6 Å². The highest BCUT2D eigenvalue weighted by atomic mass is 127. The van der Waals surface area contributed by atoms with Crippen LogP contribution >= 0.6 is 22.6 Å². The number of benzene rings is 2. The van der Waals surface area contributed by atoms with E-state index in [1.165, 1.54) is 25.7 Å². The molecule has 0 radical (unpaired) electrons. The summed E-state index contributed by atoms with van der Waals surface area (Å²) in [6.45, 7) is 2.88. The summed E-state index contributed by atoms with van der Waals surface area (Å²) in [4.78, 5) is 12.0. The molecule has 0 spiro atoms. The fourth-order valence-corrected chi connectivity index (χ4v) is 2.79. The van der Waals surface area contributed by atoms with Gasteiger partial charge in [-0.15, -0.1) is 0 Å². The average Bonchev–Trinajstić information content (AvgIpc) is 2.65. The number of rotatable bonds is 11. The quantitative estimate of drug-likeness (QED) is 0.343. The molecule has 1 amide bonds. The first kappa shape index (κ1) is 20.6. The molecule has 0 aliphatic carbocycles. The highest BCUT2D eigenvalue weighted by Gasteiger charge is 2.05. The second-order valence-electron chi connectivity index (χ2n) is 6.08. The van der Waals surface area contributed by atoms with Crippen molar-refractivity contribution in [3.63, 3.8) is 0 Å². The van der Waals surface area contributed by atoms with E-state index < -0.39 is 0 Å². The van der Waals surface area contributed by atoms with Crippen molar-refractivity contribution in [3.8, 4) is 11.5 Å². The zero-order valence-corrected chi connectivity index (χ0v) is 17.3. The fourth-order valence-electron chi connectivity index (χ4n) is 2.43. The van der Waals surface area contributed by atoms with Gasteiger partial charge in [-0.1, -0.05) is 38.7 Å². The largest absolute Gasteiger partial charge is 0.493 e. The Morgan fingerprint density at radius 1 is 0.962 bits per heavy atom. The molecular formula is C21H26INO3. The minimum absolute atomic E-state index is 0.0353. The third-order valence-corrected chi connectivity index (χ3v) is 4.54. The molecule has 1 N–H and O–H groups in total. The van der Waals surface area contributed by atoms with Gasteiger partial charge < -0.3 is 14.8 Å². The molecule has 0 fully saturated rings. The van der Waals surface area contributed by atoms with Gasteiger partial charge >= 0.3 is 0 Å². The van der Waals surface area contributed by atoms with E-state index in [4.69, 9.17) is 9.47 Å². The second kappa shape index (κ2) is 11.8. The van der Waals surface area contributed by atoms with Gasteiger partial charge in [-0.25, -0.2) is 0 Å². The number of halogens is 1. The zero-order valence-electron chi connectivity index (χ0n) is 15.2. The number of carbonyl (C=O) groups excluding carboxylic acids is 1. The first-order valence-corrected chi connectivity index (χ1v) is 10.2. The SMILES string of the molecule is CCCCCCCOc1cccc(OCC(=O)Nc2ccc(I)cc2)c1. The van der Waals surface area contributed by atoms with Crippen molar-refractivity contribution in [1.82, 2.24) is 0 Å². The van der Waals surface area contributed by atoms with Crippen LogP contribution in [0, 0.1) is 3.57 Å². The van der Waals surface area contributed by atoms with Crippen molar-refractivity contribution in [2.24, 2.45) is 0 Å². The normalized spacial score (nSPS) is 10.4. The van der Waals surface area contributed by atoms with Gasteiger partial charge in [0.1, 0.15) is 11.5 Å². The van der Waals surface area contributed by atoms with Gasteiger partial charge in [0.15, 0.2) is 6.61 Å². The molecule has 0 atom stereocenters. The van der Waals surface area contributed by atoms with Gasteiger partial charge in [-0.05, 0) is 65.4 Å². The maximum absolute atomic E-state index is 12.0. The third kappa shape index (κ3) is 8.08. The molecule has 2 rings (SSSR count). The van der Waals surface area contributed by atoms with Crippen molar-refractivity contribution in [2.45, 2.75) is 39.0 Å². The van der Waals surface area contributed by atoms with Crippen LogP contribution in [0.3, 0.4) is 0 Å². The van der Waals surface area contributed by atoms with Crippen LogP contribution in [0.15, 0.2) is 48.5 Å². The molecule has 0 bridgehead atoms. The summed E-state index contributed by atoms with van der Waals surface area (Å²) < 4.78 is 12.5. The lowest BCUT2D eigenvalue weighted by atomic mass is 10.2. The van der Waals surface area contributed by atoms with Gasteiger partial charge in [-0.3, -0.25) is 4.79 Å². The van der Waals surface area contributed by atoms with E-state index in [1.54, 1.807) is 0 Å². The Labute approximate surface area is 169 Å². The molecule has 0 heterocycles. The number of carbonyl (C=O) groups is 1. The van der Waals surface area contributed by atoms with Crippen LogP contribution in [0.5, 0.6) is 11.5 Å². The Morgan fingerprint density at radius 3 is 2.38 bits per heavy atom. The summed E-state index contributed by atoms with van der Waals surface area (Å²) in [6.07, 6.45) is 6.05. The second-order valence-corrected chi connectivity index (χ2v) is 7.33. The molecule has 140 valence electrons. The Balaban J connectivity index is 1.71. The lowest BCUT2D eigenvalue weighted by Crippen LogP contribution is -2.20. The molecule has 26 heavy (non-hydrogen) atoms. The molecule has 0 aliphatic rings. The molecule has 0 saturated carbocycles. The van der Waals surface area contributed by atoms with Gasteiger partial charge in [-0.2, -0.15) is 0 Å². The number of hydrogen-bond acceptors (Lipinski definition) is 3. The van der Waals surface area contributed by atoms with Crippen LogP contribution in [0.4, 0.5) is 5.69 Å². The van der Waals surface area contributed by atoms with Crippen LogP contribution in [0.1, 0.15) is 39.0 Å². The minimum Gasteiger partial charge on any atom is -0.493 e. The van der Waals surface area contributed by atoms with E-state index in [-0.39, 0.29) is 12.5 Å². The number of ether oxygens (including phenoxy) is 2. The fraction of sp³-hybridized carbons (Fsp3) is 0.381. The number of amides is 1. The number of unbranched alkanes of at least 4 members (excludes halogenated alkanes) is 4. The van der Waals surface area contributed by atoms with Gasteiger partial charge in [0.05, 0.1) is 6.61 Å². The Kier molecular flexibility index (Phi) is 9.31. The van der Waals surface area contributed by atoms with Crippen LogP contribution < -0.4 is 14.8 Å². The molecule has 2 aromatic carbocycles. The van der Waals surface area contributed by atoms with Crippen LogP contribution in [0.25, 0.3) is 0 Å². The predicted molar refractivity (Wildman–Crippen MR) is 114 cm³/mol. The first-order valence-electron chi connectivity index (χ1n) is 9.08. The molecule has 2 aromatic rings. The summed E-state index contributed by atoms with van der Waals surface area (Å²) in [6, 6.07) is 15.1. The highest BCUT2D eigenvalue weighted by Crippen LogP contribution is 2.20. The Hall–Kier alpha value is -1.76. The first-order chi connectivity index (χ1) is 12.7. The minimum atomic E-state index is -0.187. The Morgan fingerprint density at radius 2 is 1.65 bits per heavy atom. The molecule has 0 aliphatic heterocycles. The van der Waals surface area contributed by atoms with Gasteiger partial charge in [0.2, 0.25) is 0 Å². The molecule has 4 nitrogen and oxygen atoms in total. The maximum Gasteiger partial charge on any atom is 0.262 e. The summed E-state index contributed by atoms with van der Waals surface area (Å²) in [5, 5.41) is 2.81. The molecule has 5 heteroatoms. The third-order valence-electron chi connectivity index (χ3n) is 3.82. The molecule has 0 unspecified atom stereocenters. The van der Waals surface area contributed by atoms with Crippen LogP contribution in [-0.4, -0.2) is 19.1 Å². The van der Waals surface area contributed by atoms with E-state index in [1.807, 2.05) is 48.5 Å². The van der Waals surface area contributed by atoms with Crippen molar-refractivity contribution in [2.75, 3.05) is 18.5 Å². The highest BCUT2D eigenvalue weighted by molar-refractivity contribution is 14.1. The lowest BCUT2D eigenvalue weighted by Gasteiger charge is -2.10. The van der Waals surface area contributed by atoms with Crippen molar-refractivity contribution >= 4 is 34.2 Å². The Bertz CT molecular complexity index is 673. The van der Waals surface area contributed by atoms with Crippen molar-refractivity contribution < 1.29 is 14.3 Å². The number of nitrogens with one attached hydrogen (secondary N) is 1. The standard InChI is InChI=1S/C21H26INO3/c1-2-3-4-5-6-14-25-19-8-7-9-20(15-19)26-16-21(24)23-18-12-10-17(22)11-13-18/h7-13,15H,2-6,14,16H2,1H3,(H,23,24). The smallest absolute Gasteiger partial charge is 0.262 e. The molecule has 0 aromatic heterocycles. The van der Waals surface area contributed by atoms with E-state index in [2.05, 4.69) is 34.8 Å². The van der Waals surface area contributed by atoms with Crippen LogP contribution in [-0.2, 0) is 4.79 Å². The summed E-state index contributed by atoms with van der Waals surface area (Å²) in [7, 11) is 0. The van der Waals surface area contributed by atoms with Gasteiger partial charge in [0.25, 0.3) is 5.91 Å². The summed E-state index contributed by atoms with van der Waals surface area (Å²) in [5.41, 5.74) is 0.763. The molecular weight excluding hydrogens is 441 g/mol. The summed E-state index contributed by atoms with van der Waals surface area (Å²) >= 11 is 2.23. The van der Waals surface area contributed by atoms with Crippen molar-refractivity contribution in [3.05, 3.63) is 52.1 Å². The van der Waals surface area contributed by atoms with Gasteiger partial charge in [0, 0.05) is 15.3 Å². The zero-order chi connectivity index (χ0) is 18.6. The van der Waals surface area contributed by atoms with Crippen LogP contribution in [0.2, 0.25) is 0 Å². The average molecular weight is 467 g/mol. The maximum atomic E-state index is 12.0. The number of hydrogen-bond donors (Lipinski definition) is 1.